The monoisotopic (exact) mass is 237 g/mol. The lowest BCUT2D eigenvalue weighted by molar-refractivity contribution is -0.129. The molecule has 0 bridgehead atoms. The fourth-order valence-electron chi connectivity index (χ4n) is 2.54. The predicted octanol–water partition coefficient (Wildman–Crippen LogP) is 1.80. The topological polar surface area (TPSA) is 53.7 Å². The Balaban J connectivity index is 2.18. The van der Waals surface area contributed by atoms with Gasteiger partial charge < -0.3 is 14.4 Å². The molecule has 1 aromatic heterocycles. The van der Waals surface area contributed by atoms with Crippen LogP contribution < -0.4 is 0 Å². The normalized spacial score (nSPS) is 22.2. The van der Waals surface area contributed by atoms with Gasteiger partial charge in [0.2, 0.25) is 5.91 Å². The van der Waals surface area contributed by atoms with Crippen LogP contribution in [0.5, 0.6) is 0 Å². The van der Waals surface area contributed by atoms with Crippen LogP contribution in [-0.4, -0.2) is 29.1 Å². The molecule has 2 unspecified atom stereocenters. The second-order valence-corrected chi connectivity index (χ2v) is 4.84. The Labute approximate surface area is 101 Å². The third kappa shape index (κ3) is 2.22. The molecule has 0 spiro atoms. The Morgan fingerprint density at radius 1 is 1.59 bits per heavy atom. The molecule has 0 aromatic carbocycles. The van der Waals surface area contributed by atoms with Gasteiger partial charge in [-0.15, -0.1) is 0 Å². The lowest BCUT2D eigenvalue weighted by Crippen LogP contribution is -2.28. The number of carbonyl (C=O) groups is 1. The van der Waals surface area contributed by atoms with Crippen molar-refractivity contribution in [1.29, 1.82) is 0 Å². The summed E-state index contributed by atoms with van der Waals surface area (Å²) >= 11 is 0. The Hall–Kier alpha value is -1.29. The number of aliphatic hydroxyl groups is 1. The highest BCUT2D eigenvalue weighted by Gasteiger charge is 2.33. The van der Waals surface area contributed by atoms with E-state index in [4.69, 9.17) is 9.52 Å². The van der Waals surface area contributed by atoms with Crippen LogP contribution in [0.4, 0.5) is 0 Å². The van der Waals surface area contributed by atoms with Gasteiger partial charge in [0, 0.05) is 31.1 Å². The van der Waals surface area contributed by atoms with E-state index >= 15 is 0 Å². The fourth-order valence-corrected chi connectivity index (χ4v) is 2.54. The molecule has 0 saturated carbocycles. The molecule has 94 valence electrons. The number of amides is 1. The first-order valence-corrected chi connectivity index (χ1v) is 6.00. The molecule has 1 amide bonds. The minimum Gasteiger partial charge on any atom is -0.466 e. The Morgan fingerprint density at radius 3 is 2.76 bits per heavy atom. The van der Waals surface area contributed by atoms with E-state index in [9.17, 15) is 4.79 Å². The van der Waals surface area contributed by atoms with Gasteiger partial charge in [0.05, 0.1) is 6.04 Å². The first-order valence-electron chi connectivity index (χ1n) is 6.00. The van der Waals surface area contributed by atoms with Crippen LogP contribution >= 0.6 is 0 Å². The molecule has 2 atom stereocenters. The third-order valence-corrected chi connectivity index (χ3v) is 3.49. The summed E-state index contributed by atoms with van der Waals surface area (Å²) in [4.78, 5) is 13.7. The second-order valence-electron chi connectivity index (χ2n) is 4.84. The molecule has 1 aromatic rings. The molecule has 2 rings (SSSR count). The average Bonchev–Trinajstić information content (AvgIpc) is 2.81. The zero-order valence-electron chi connectivity index (χ0n) is 10.6. The van der Waals surface area contributed by atoms with Crippen molar-refractivity contribution >= 4 is 5.91 Å². The van der Waals surface area contributed by atoms with Gasteiger partial charge in [-0.25, -0.2) is 0 Å². The van der Waals surface area contributed by atoms with E-state index in [2.05, 4.69) is 0 Å². The number of rotatable bonds is 3. The van der Waals surface area contributed by atoms with E-state index in [1.807, 2.05) is 31.7 Å². The quantitative estimate of drug-likeness (QED) is 0.872. The zero-order chi connectivity index (χ0) is 12.6. The van der Waals surface area contributed by atoms with Gasteiger partial charge >= 0.3 is 0 Å². The van der Waals surface area contributed by atoms with Crippen LogP contribution in [0.2, 0.25) is 0 Å². The lowest BCUT2D eigenvalue weighted by Gasteiger charge is -2.24. The van der Waals surface area contributed by atoms with Crippen LogP contribution in [0.1, 0.15) is 36.5 Å². The highest BCUT2D eigenvalue weighted by Crippen LogP contribution is 2.31. The van der Waals surface area contributed by atoms with Crippen molar-refractivity contribution in [3.63, 3.8) is 0 Å². The summed E-state index contributed by atoms with van der Waals surface area (Å²) in [5, 5.41) is 9.12. The maximum Gasteiger partial charge on any atom is 0.223 e. The molecule has 1 N–H and O–H groups in total. The molecule has 1 fully saturated rings. The zero-order valence-corrected chi connectivity index (χ0v) is 10.6. The van der Waals surface area contributed by atoms with Crippen molar-refractivity contribution in [3.8, 4) is 0 Å². The Morgan fingerprint density at radius 2 is 2.29 bits per heavy atom. The molecule has 1 aliphatic heterocycles. The molecule has 0 aliphatic carbocycles. The van der Waals surface area contributed by atoms with E-state index in [1.54, 1.807) is 0 Å². The van der Waals surface area contributed by atoms with Crippen LogP contribution in [0, 0.1) is 19.8 Å². The number of nitrogens with zero attached hydrogens (tertiary/aromatic N) is 1. The number of aryl methyl sites for hydroxylation is 2. The van der Waals surface area contributed by atoms with Crippen molar-refractivity contribution in [1.82, 2.24) is 4.90 Å². The van der Waals surface area contributed by atoms with Crippen LogP contribution in [0.15, 0.2) is 10.5 Å². The number of furan rings is 1. The molecular formula is C13H19NO3. The molecular weight excluding hydrogens is 218 g/mol. The second kappa shape index (κ2) is 4.53. The maximum absolute atomic E-state index is 11.9. The summed E-state index contributed by atoms with van der Waals surface area (Å²) in [6.45, 7) is 6.56. The van der Waals surface area contributed by atoms with Crippen molar-refractivity contribution in [2.24, 2.45) is 5.92 Å². The number of likely N-dealkylation sites (tertiary alicyclic amines) is 1. The van der Waals surface area contributed by atoms with Gasteiger partial charge in [0.15, 0.2) is 0 Å². The fraction of sp³-hybridized carbons (Fsp3) is 0.615. The van der Waals surface area contributed by atoms with E-state index in [0.717, 1.165) is 17.1 Å². The highest BCUT2D eigenvalue weighted by atomic mass is 16.3. The highest BCUT2D eigenvalue weighted by molar-refractivity contribution is 5.79. The molecule has 0 radical (unpaired) electrons. The largest absolute Gasteiger partial charge is 0.466 e. The summed E-state index contributed by atoms with van der Waals surface area (Å²) in [6.07, 6.45) is 0.455. The summed E-state index contributed by atoms with van der Waals surface area (Å²) < 4.78 is 5.50. The van der Waals surface area contributed by atoms with Crippen molar-refractivity contribution < 1.29 is 14.3 Å². The number of aliphatic hydroxyl groups excluding tert-OH is 1. The lowest BCUT2D eigenvalue weighted by atomic mass is 10.1. The van der Waals surface area contributed by atoms with Gasteiger partial charge in [0.1, 0.15) is 11.5 Å². The van der Waals surface area contributed by atoms with Crippen LogP contribution in [-0.2, 0) is 4.79 Å². The van der Waals surface area contributed by atoms with Crippen LogP contribution in [0.3, 0.4) is 0 Å². The van der Waals surface area contributed by atoms with E-state index in [1.165, 1.54) is 0 Å². The van der Waals surface area contributed by atoms with Gasteiger partial charge in [-0.3, -0.25) is 4.79 Å². The average molecular weight is 237 g/mol. The first-order chi connectivity index (χ1) is 8.02. The standard InChI is InChI=1S/C13H19NO3/c1-8-4-12(10(3)17-8)9(2)14-6-11(7-15)5-13(14)16/h4,9,11,15H,5-7H2,1-3H3. The van der Waals surface area contributed by atoms with Gasteiger partial charge in [-0.05, 0) is 26.8 Å². The van der Waals surface area contributed by atoms with E-state index in [0.29, 0.717) is 13.0 Å². The van der Waals surface area contributed by atoms with Crippen molar-refractivity contribution in [2.75, 3.05) is 13.2 Å². The van der Waals surface area contributed by atoms with Gasteiger partial charge in [-0.1, -0.05) is 0 Å². The minimum absolute atomic E-state index is 0.0245. The summed E-state index contributed by atoms with van der Waals surface area (Å²) in [7, 11) is 0. The number of hydrogen-bond acceptors (Lipinski definition) is 3. The van der Waals surface area contributed by atoms with E-state index < -0.39 is 0 Å². The third-order valence-electron chi connectivity index (χ3n) is 3.49. The van der Waals surface area contributed by atoms with Gasteiger partial charge in [-0.2, -0.15) is 0 Å². The molecule has 4 heteroatoms. The molecule has 1 aliphatic rings. The molecule has 4 nitrogen and oxygen atoms in total. The number of carbonyl (C=O) groups excluding carboxylic acids is 1. The maximum atomic E-state index is 11.9. The SMILES string of the molecule is Cc1cc(C(C)N2CC(CO)CC2=O)c(C)o1. The predicted molar refractivity (Wildman–Crippen MR) is 63.5 cm³/mol. The minimum atomic E-state index is 0.0245. The Kier molecular flexibility index (Phi) is 3.24. The van der Waals surface area contributed by atoms with Crippen LogP contribution in [0.25, 0.3) is 0 Å². The Bertz CT molecular complexity index is 424. The van der Waals surface area contributed by atoms with Crippen molar-refractivity contribution in [2.45, 2.75) is 33.2 Å². The summed E-state index contributed by atoms with van der Waals surface area (Å²) in [6, 6.07) is 2.01. The van der Waals surface area contributed by atoms with Crippen molar-refractivity contribution in [3.05, 3.63) is 23.2 Å². The first kappa shape index (κ1) is 12.2. The summed E-state index contributed by atoms with van der Waals surface area (Å²) in [5.41, 5.74) is 1.06. The molecule has 2 heterocycles. The number of hydrogen-bond donors (Lipinski definition) is 1. The van der Waals surface area contributed by atoms with Gasteiger partial charge in [0.25, 0.3) is 0 Å². The summed E-state index contributed by atoms with van der Waals surface area (Å²) in [5.74, 6) is 1.94. The van der Waals surface area contributed by atoms with E-state index in [-0.39, 0.29) is 24.5 Å². The molecule has 17 heavy (non-hydrogen) atoms. The smallest absolute Gasteiger partial charge is 0.223 e. The molecule has 1 saturated heterocycles.